The van der Waals surface area contributed by atoms with Gasteiger partial charge in [0.2, 0.25) is 0 Å². The summed E-state index contributed by atoms with van der Waals surface area (Å²) >= 11 is 28.8. The number of halogens is 6. The average molecular weight is 1700 g/mol. The predicted octanol–water partition coefficient (Wildman–Crippen LogP) is 29.6. The van der Waals surface area contributed by atoms with Crippen LogP contribution in [0.3, 0.4) is 0 Å². The Labute approximate surface area is 735 Å². The first-order valence-corrected chi connectivity index (χ1v) is 42.5. The van der Waals surface area contributed by atoms with E-state index in [1.807, 2.05) is 133 Å². The van der Waals surface area contributed by atoms with Crippen molar-refractivity contribution in [2.75, 3.05) is 9.80 Å². The molecule has 0 unspecified atom stereocenters. The summed E-state index contributed by atoms with van der Waals surface area (Å²) in [6.45, 7) is 0. The summed E-state index contributed by atoms with van der Waals surface area (Å²) in [6, 6.07) is 137. The third kappa shape index (κ3) is 12.8. The van der Waals surface area contributed by atoms with E-state index in [-0.39, 0.29) is 0 Å². The van der Waals surface area contributed by atoms with E-state index in [0.717, 1.165) is 102 Å². The summed E-state index contributed by atoms with van der Waals surface area (Å²) in [5.74, 6) is 7.27. The lowest BCUT2D eigenvalue weighted by Gasteiger charge is -2.47. The summed E-state index contributed by atoms with van der Waals surface area (Å²) in [5.41, 5.74) is 30.5. The minimum Gasteiger partial charge on any atom is -0.453 e. The van der Waals surface area contributed by atoms with Crippen LogP contribution in [0.25, 0.3) is 113 Å². The molecule has 24 rings (SSSR count). The number of fused-ring (bicyclic) bond motifs is 22. The number of nitrogens with zero attached hydrogens (tertiary/aromatic N) is 8. The molecule has 18 aromatic rings. The number of ether oxygens (including phenoxy) is 2. The van der Waals surface area contributed by atoms with E-state index in [0.29, 0.717) is 34.9 Å². The van der Waals surface area contributed by atoms with Crippen LogP contribution < -0.4 is 19.3 Å². The van der Waals surface area contributed by atoms with Crippen LogP contribution in [0, 0.1) is 0 Å². The average Bonchev–Trinajstić information content (AvgIpc) is 1.43. The van der Waals surface area contributed by atoms with Crippen LogP contribution in [0.15, 0.2) is 388 Å². The van der Waals surface area contributed by atoms with Crippen LogP contribution >= 0.6 is 69.6 Å². The topological polar surface area (TPSA) is 102 Å². The highest BCUT2D eigenvalue weighted by molar-refractivity contribution is 6.63. The molecule has 0 N–H and O–H groups in total. The smallest absolute Gasteiger partial charge is 0.180 e. The number of anilines is 6. The molecule has 4 aliphatic heterocycles. The van der Waals surface area contributed by atoms with Crippen molar-refractivity contribution >= 4 is 104 Å². The molecule has 2 aliphatic carbocycles. The molecular weight excluding hydrogens is 1630 g/mol. The summed E-state index contributed by atoms with van der Waals surface area (Å²) in [6.07, 6.45) is 0. The first kappa shape index (κ1) is 75.9. The summed E-state index contributed by atoms with van der Waals surface area (Å²) in [4.78, 5) is 34.7. The van der Waals surface area contributed by atoms with Gasteiger partial charge in [-0.3, -0.25) is 0 Å². The lowest BCUT2D eigenvalue weighted by molar-refractivity contribution is 0.473. The molecule has 584 valence electrons. The van der Waals surface area contributed by atoms with Gasteiger partial charge in [-0.15, -0.1) is 0 Å². The molecule has 0 saturated heterocycles. The third-order valence-electron chi connectivity index (χ3n) is 23.4. The van der Waals surface area contributed by atoms with Crippen molar-refractivity contribution in [2.24, 2.45) is 0 Å². The van der Waals surface area contributed by atoms with E-state index in [2.05, 4.69) is 265 Å². The first-order chi connectivity index (χ1) is 60.0. The van der Waals surface area contributed by atoms with Crippen molar-refractivity contribution in [3.8, 4) is 136 Å². The molecule has 6 aliphatic rings. The van der Waals surface area contributed by atoms with Crippen molar-refractivity contribution < 1.29 is 9.47 Å². The SMILES string of the molecule is ClC(Cl)Cl.ClC(Cl)Cl.c1ccc(-c2nc(-c3ccccc3)nc(-c3ccc(-c4cccc5c4[C@]4(c6ccccc6-5)c5ccccc5N5c6ccccc6Oc6cccc4c65)cc3)n2)cc1.c1ccc(-c2nc(-c3ccccc3)nc(-c3ccc(-c4cccc5c4[C@]4(c6ccccc6-5)c5ccccc5N5c6ccccc6Oc6cccc4c65)cc3)n2)cc1. The molecule has 16 aromatic carbocycles. The first-order valence-electron chi connectivity index (χ1n) is 39.9. The number of benzene rings is 16. The van der Waals surface area contributed by atoms with Crippen molar-refractivity contribution in [3.63, 3.8) is 0 Å². The molecule has 2 aromatic heterocycles. The van der Waals surface area contributed by atoms with Gasteiger partial charge in [0.1, 0.15) is 0 Å². The minimum atomic E-state index is -0.750. The van der Waals surface area contributed by atoms with Crippen LogP contribution in [0.1, 0.15) is 44.5 Å². The Hall–Kier alpha value is -13.5. The molecule has 16 heteroatoms. The van der Waals surface area contributed by atoms with Gasteiger partial charge in [0.15, 0.2) is 66.5 Å². The van der Waals surface area contributed by atoms with Gasteiger partial charge < -0.3 is 19.3 Å². The van der Waals surface area contributed by atoms with Crippen molar-refractivity contribution in [1.82, 2.24) is 29.9 Å². The number of para-hydroxylation sites is 8. The fourth-order valence-corrected chi connectivity index (χ4v) is 18.8. The quantitative estimate of drug-likeness (QED) is 0.137. The zero-order chi connectivity index (χ0) is 82.2. The standard InChI is InChI=1S/2C52H32N4O.2CHCl3/c2*1-3-15-34(16-4-1)49-53-50(35-17-5-2-6-18-35)55-51(54-49)36-31-29-33(30-32-36)37-20-13-21-39-38-19-7-8-22-40(38)52(47(37)39)41-23-9-10-25-43(41)56-44-26-11-12-27-45(44)57-46-28-14-24-42(52)48(46)56;2*2-1(3)4/h2*1-32H;2*1H/t2*52-;;/m11../s1. The van der Waals surface area contributed by atoms with Crippen molar-refractivity contribution in [1.29, 1.82) is 0 Å². The molecule has 6 heterocycles. The van der Waals surface area contributed by atoms with E-state index < -0.39 is 19.4 Å². The maximum atomic E-state index is 6.70. The molecule has 0 saturated carbocycles. The van der Waals surface area contributed by atoms with Crippen LogP contribution in [-0.4, -0.2) is 38.5 Å². The van der Waals surface area contributed by atoms with Crippen LogP contribution in [0.5, 0.6) is 23.0 Å². The van der Waals surface area contributed by atoms with Crippen molar-refractivity contribution in [3.05, 3.63) is 433 Å². The number of hydrogen-bond donors (Lipinski definition) is 0. The zero-order valence-corrected chi connectivity index (χ0v) is 69.3. The zero-order valence-electron chi connectivity index (χ0n) is 64.8. The monoisotopic (exact) mass is 1690 g/mol. The molecule has 2 atom stereocenters. The fraction of sp³-hybridized carbons (Fsp3) is 0.0377. The maximum absolute atomic E-state index is 6.70. The Morgan fingerprint density at radius 3 is 0.762 bits per heavy atom. The molecular formula is C106H66Cl6N8O2. The normalized spacial score (nSPS) is 14.8. The van der Waals surface area contributed by atoms with E-state index in [9.17, 15) is 0 Å². The second-order valence-corrected chi connectivity index (χ2v) is 33.9. The fourth-order valence-electron chi connectivity index (χ4n) is 18.8. The molecule has 2 spiro atoms. The summed E-state index contributed by atoms with van der Waals surface area (Å²) < 4.78 is 11.9. The second kappa shape index (κ2) is 31.6. The Bertz CT molecular complexity index is 6550. The van der Waals surface area contributed by atoms with Crippen LogP contribution in [-0.2, 0) is 10.8 Å². The number of hydrogen-bond acceptors (Lipinski definition) is 10. The third-order valence-corrected chi connectivity index (χ3v) is 23.4. The van der Waals surface area contributed by atoms with E-state index >= 15 is 0 Å². The largest absolute Gasteiger partial charge is 0.453 e. The molecule has 122 heavy (non-hydrogen) atoms. The van der Waals surface area contributed by atoms with Gasteiger partial charge in [0.05, 0.1) is 45.0 Å². The highest BCUT2D eigenvalue weighted by Gasteiger charge is 2.56. The molecule has 0 bridgehead atoms. The Kier molecular flexibility index (Phi) is 19.6. The van der Waals surface area contributed by atoms with Gasteiger partial charge >= 0.3 is 0 Å². The lowest BCUT2D eigenvalue weighted by atomic mass is 9.63. The van der Waals surface area contributed by atoms with Crippen LogP contribution in [0.2, 0.25) is 0 Å². The predicted molar refractivity (Wildman–Crippen MR) is 497 cm³/mol. The summed E-state index contributed by atoms with van der Waals surface area (Å²) in [5, 5.41) is 0. The van der Waals surface area contributed by atoms with Gasteiger partial charge in [0, 0.05) is 33.4 Å². The van der Waals surface area contributed by atoms with Gasteiger partial charge in [-0.1, -0.05) is 409 Å². The number of alkyl halides is 6. The van der Waals surface area contributed by atoms with Crippen molar-refractivity contribution in [2.45, 2.75) is 19.4 Å². The molecule has 0 amide bonds. The maximum Gasteiger partial charge on any atom is 0.180 e. The van der Waals surface area contributed by atoms with Gasteiger partial charge in [-0.05, 0) is 138 Å². The molecule has 0 fully saturated rings. The minimum absolute atomic E-state index is 0.612. The van der Waals surface area contributed by atoms with E-state index in [1.165, 1.54) is 77.9 Å². The lowest BCUT2D eigenvalue weighted by Crippen LogP contribution is -2.37. The summed E-state index contributed by atoms with van der Waals surface area (Å²) in [7, 11) is 0. The Morgan fingerprint density at radius 1 is 0.197 bits per heavy atom. The van der Waals surface area contributed by atoms with E-state index in [4.69, 9.17) is 109 Å². The van der Waals surface area contributed by atoms with Crippen LogP contribution in [0.4, 0.5) is 34.1 Å². The van der Waals surface area contributed by atoms with Gasteiger partial charge in [-0.2, -0.15) is 0 Å². The molecule has 10 nitrogen and oxygen atoms in total. The number of aromatic nitrogens is 6. The second-order valence-electron chi connectivity index (χ2n) is 29.9. The molecule has 0 radical (unpaired) electrons. The Balaban J connectivity index is 0.000000138. The number of rotatable bonds is 8. The highest BCUT2D eigenvalue weighted by Crippen LogP contribution is 2.70. The highest BCUT2D eigenvalue weighted by atomic mass is 35.6. The van der Waals surface area contributed by atoms with Gasteiger partial charge in [-0.25, -0.2) is 29.9 Å². The Morgan fingerprint density at radius 2 is 0.426 bits per heavy atom. The van der Waals surface area contributed by atoms with Gasteiger partial charge in [0.25, 0.3) is 0 Å². The van der Waals surface area contributed by atoms with E-state index in [1.54, 1.807) is 0 Å².